The number of aliphatic hydroxyl groups is 1. The Hall–Kier alpha value is -2.40. The topological polar surface area (TPSA) is 79.5 Å². The van der Waals surface area contributed by atoms with Gasteiger partial charge in [0.2, 0.25) is 0 Å². The van der Waals surface area contributed by atoms with Crippen LogP contribution in [0.15, 0.2) is 28.9 Å². The molecule has 2 heterocycles. The number of carbonyl (C=O) groups is 2. The molecule has 1 amide bonds. The van der Waals surface area contributed by atoms with Gasteiger partial charge < -0.3 is 14.8 Å². The number of fused-ring (bicyclic) bond motifs is 1. The lowest BCUT2D eigenvalue weighted by Crippen LogP contribution is -2.36. The molecule has 3 rings (SSSR count). The van der Waals surface area contributed by atoms with Gasteiger partial charge in [0.05, 0.1) is 18.2 Å². The van der Waals surface area contributed by atoms with Crippen LogP contribution in [0.3, 0.4) is 0 Å². The van der Waals surface area contributed by atoms with Crippen LogP contribution in [0.4, 0.5) is 5.69 Å². The number of benzene rings is 1. The molecule has 0 saturated heterocycles. The fraction of sp³-hybridized carbons (Fsp3) is 0.333. The van der Waals surface area contributed by atoms with Gasteiger partial charge in [-0.1, -0.05) is 19.1 Å². The van der Waals surface area contributed by atoms with Crippen molar-refractivity contribution in [3.63, 3.8) is 0 Å². The Bertz CT molecular complexity index is 786. The van der Waals surface area contributed by atoms with Crippen LogP contribution in [-0.4, -0.2) is 16.8 Å². The second kappa shape index (κ2) is 5.35. The summed E-state index contributed by atoms with van der Waals surface area (Å²) in [5, 5.41) is 13.6. The lowest BCUT2D eigenvalue weighted by molar-refractivity contribution is -0.133. The van der Waals surface area contributed by atoms with E-state index in [9.17, 15) is 14.7 Å². The monoisotopic (exact) mass is 313 g/mol. The standard InChI is InChI=1S/C18H19NO4/c1-4-12-5-6-14-13(7-12)18(22,17(21)19-14)8-15(20)16-10(2)9-23-11(16)3/h5-7,9,22H,4,8H2,1-3H3,(H,19,21)/t18-/m1/s1. The molecule has 0 fully saturated rings. The third kappa shape index (κ3) is 2.37. The fourth-order valence-electron chi connectivity index (χ4n) is 3.10. The SMILES string of the molecule is CCc1ccc2c(c1)[C@](O)(CC(=O)c1c(C)coc1C)C(=O)N2. The minimum atomic E-state index is -1.84. The van der Waals surface area contributed by atoms with E-state index in [-0.39, 0.29) is 12.2 Å². The number of aryl methyl sites for hydroxylation is 3. The van der Waals surface area contributed by atoms with Crippen molar-refractivity contribution in [2.75, 3.05) is 5.32 Å². The zero-order valence-corrected chi connectivity index (χ0v) is 13.4. The number of anilines is 1. The average Bonchev–Trinajstić information content (AvgIpc) is 2.97. The van der Waals surface area contributed by atoms with Crippen LogP contribution < -0.4 is 5.32 Å². The number of hydrogen-bond donors (Lipinski definition) is 2. The summed E-state index contributed by atoms with van der Waals surface area (Å²) in [4.78, 5) is 24.9. The van der Waals surface area contributed by atoms with Gasteiger partial charge in [0.15, 0.2) is 11.4 Å². The van der Waals surface area contributed by atoms with E-state index >= 15 is 0 Å². The van der Waals surface area contributed by atoms with Crippen LogP contribution in [-0.2, 0) is 16.8 Å². The minimum absolute atomic E-state index is 0.304. The summed E-state index contributed by atoms with van der Waals surface area (Å²) in [6, 6.07) is 5.45. The summed E-state index contributed by atoms with van der Waals surface area (Å²) in [6.07, 6.45) is 1.98. The van der Waals surface area contributed by atoms with Crippen molar-refractivity contribution in [1.29, 1.82) is 0 Å². The van der Waals surface area contributed by atoms with Gasteiger partial charge in [-0.3, -0.25) is 9.59 Å². The summed E-state index contributed by atoms with van der Waals surface area (Å²) in [5.41, 5.74) is 1.33. The smallest absolute Gasteiger partial charge is 0.261 e. The van der Waals surface area contributed by atoms with E-state index < -0.39 is 11.5 Å². The summed E-state index contributed by atoms with van der Waals surface area (Å²) in [5.74, 6) is -0.369. The molecule has 23 heavy (non-hydrogen) atoms. The van der Waals surface area contributed by atoms with Crippen molar-refractivity contribution in [3.05, 3.63) is 52.5 Å². The molecule has 0 saturated carbocycles. The average molecular weight is 313 g/mol. The van der Waals surface area contributed by atoms with Gasteiger partial charge in [0.1, 0.15) is 5.76 Å². The van der Waals surface area contributed by atoms with Crippen LogP contribution in [0.2, 0.25) is 0 Å². The number of ketones is 1. The third-order valence-corrected chi connectivity index (χ3v) is 4.42. The van der Waals surface area contributed by atoms with Crippen LogP contribution >= 0.6 is 0 Å². The van der Waals surface area contributed by atoms with Gasteiger partial charge in [-0.2, -0.15) is 0 Å². The lowest BCUT2D eigenvalue weighted by atomic mass is 9.86. The number of rotatable bonds is 4. The molecule has 1 atom stereocenters. The zero-order valence-electron chi connectivity index (χ0n) is 13.4. The second-order valence-corrected chi connectivity index (χ2v) is 6.00. The first kappa shape index (κ1) is 15.5. The summed E-state index contributed by atoms with van der Waals surface area (Å²) in [7, 11) is 0. The molecule has 2 aromatic rings. The van der Waals surface area contributed by atoms with Gasteiger partial charge >= 0.3 is 0 Å². The molecule has 0 radical (unpaired) electrons. The quantitative estimate of drug-likeness (QED) is 0.851. The lowest BCUT2D eigenvalue weighted by Gasteiger charge is -2.20. The number of hydrogen-bond acceptors (Lipinski definition) is 4. The van der Waals surface area contributed by atoms with Gasteiger partial charge in [0.25, 0.3) is 5.91 Å². The van der Waals surface area contributed by atoms with E-state index in [0.29, 0.717) is 28.1 Å². The molecule has 1 aromatic heterocycles. The van der Waals surface area contributed by atoms with E-state index in [4.69, 9.17) is 4.42 Å². The number of carbonyl (C=O) groups excluding carboxylic acids is 2. The highest BCUT2D eigenvalue weighted by Gasteiger charge is 2.47. The Morgan fingerprint density at radius 2 is 2.09 bits per heavy atom. The van der Waals surface area contributed by atoms with E-state index in [0.717, 1.165) is 12.0 Å². The number of amides is 1. The molecule has 0 aliphatic carbocycles. The molecular formula is C18H19NO4. The number of nitrogens with one attached hydrogen (secondary N) is 1. The molecule has 2 N–H and O–H groups in total. The predicted molar refractivity (Wildman–Crippen MR) is 85.5 cm³/mol. The highest BCUT2D eigenvalue weighted by molar-refractivity contribution is 6.09. The number of Topliss-reactive ketones (excluding diaryl/α,β-unsaturated/α-hetero) is 1. The van der Waals surface area contributed by atoms with Gasteiger partial charge in [-0.25, -0.2) is 0 Å². The zero-order chi connectivity index (χ0) is 16.8. The predicted octanol–water partition coefficient (Wildman–Crippen LogP) is 2.87. The first-order valence-corrected chi connectivity index (χ1v) is 7.62. The molecule has 0 bridgehead atoms. The van der Waals surface area contributed by atoms with Gasteiger partial charge in [-0.15, -0.1) is 0 Å². The van der Waals surface area contributed by atoms with Crippen LogP contribution in [0, 0.1) is 13.8 Å². The molecule has 0 unspecified atom stereocenters. The largest absolute Gasteiger partial charge is 0.469 e. The van der Waals surface area contributed by atoms with Crippen molar-refractivity contribution >= 4 is 17.4 Å². The third-order valence-electron chi connectivity index (χ3n) is 4.42. The Kier molecular flexibility index (Phi) is 3.60. The van der Waals surface area contributed by atoms with E-state index in [1.54, 1.807) is 26.0 Å². The van der Waals surface area contributed by atoms with Crippen molar-refractivity contribution in [2.24, 2.45) is 0 Å². The summed E-state index contributed by atoms with van der Waals surface area (Å²) >= 11 is 0. The minimum Gasteiger partial charge on any atom is -0.469 e. The maximum Gasteiger partial charge on any atom is 0.261 e. The molecule has 5 heteroatoms. The second-order valence-electron chi connectivity index (χ2n) is 6.00. The first-order chi connectivity index (χ1) is 10.9. The molecule has 120 valence electrons. The maximum absolute atomic E-state index is 12.6. The van der Waals surface area contributed by atoms with Gasteiger partial charge in [-0.05, 0) is 37.5 Å². The molecular weight excluding hydrogens is 294 g/mol. The Morgan fingerprint density at radius 1 is 1.35 bits per heavy atom. The molecule has 5 nitrogen and oxygen atoms in total. The highest BCUT2D eigenvalue weighted by atomic mass is 16.3. The van der Waals surface area contributed by atoms with Crippen molar-refractivity contribution in [1.82, 2.24) is 0 Å². The first-order valence-electron chi connectivity index (χ1n) is 7.62. The van der Waals surface area contributed by atoms with E-state index in [1.807, 2.05) is 13.0 Å². The summed E-state index contributed by atoms with van der Waals surface area (Å²) < 4.78 is 5.24. The van der Waals surface area contributed by atoms with Crippen LogP contribution in [0.5, 0.6) is 0 Å². The van der Waals surface area contributed by atoms with Gasteiger partial charge in [0, 0.05) is 11.3 Å². The molecule has 1 aromatic carbocycles. The Labute approximate surface area is 134 Å². The van der Waals surface area contributed by atoms with E-state index in [2.05, 4.69) is 5.32 Å². The van der Waals surface area contributed by atoms with Crippen LogP contribution in [0.25, 0.3) is 0 Å². The molecule has 1 aliphatic heterocycles. The summed E-state index contributed by atoms with van der Waals surface area (Å²) in [6.45, 7) is 5.46. The van der Waals surface area contributed by atoms with Crippen molar-refractivity contribution < 1.29 is 19.1 Å². The number of furan rings is 1. The fourth-order valence-corrected chi connectivity index (χ4v) is 3.10. The molecule has 0 spiro atoms. The van der Waals surface area contributed by atoms with Crippen molar-refractivity contribution in [2.45, 2.75) is 39.2 Å². The van der Waals surface area contributed by atoms with Crippen LogP contribution in [0.1, 0.15) is 46.2 Å². The Balaban J connectivity index is 2.00. The molecule has 1 aliphatic rings. The Morgan fingerprint density at radius 3 is 2.70 bits per heavy atom. The van der Waals surface area contributed by atoms with E-state index in [1.165, 1.54) is 6.26 Å². The van der Waals surface area contributed by atoms with Crippen molar-refractivity contribution in [3.8, 4) is 0 Å². The normalized spacial score (nSPS) is 19.6. The highest BCUT2D eigenvalue weighted by Crippen LogP contribution is 2.40. The maximum atomic E-state index is 12.6.